The summed E-state index contributed by atoms with van der Waals surface area (Å²) in [6, 6.07) is 0.0311. The van der Waals surface area contributed by atoms with E-state index in [1.807, 2.05) is 0 Å². The molecule has 3 nitrogen and oxygen atoms in total. The molecular formula is C11H23NO2. The van der Waals surface area contributed by atoms with Crippen molar-refractivity contribution in [2.75, 3.05) is 26.9 Å². The molecule has 0 heterocycles. The summed E-state index contributed by atoms with van der Waals surface area (Å²) in [4.78, 5) is 0. The minimum Gasteiger partial charge on any atom is -0.383 e. The Kier molecular flexibility index (Phi) is 6.15. The lowest BCUT2D eigenvalue weighted by Gasteiger charge is -2.22. The van der Waals surface area contributed by atoms with E-state index in [9.17, 15) is 0 Å². The van der Waals surface area contributed by atoms with Gasteiger partial charge in [-0.05, 0) is 18.8 Å². The molecule has 1 saturated carbocycles. The minimum absolute atomic E-state index is 0.0311. The first-order valence-electron chi connectivity index (χ1n) is 5.65. The highest BCUT2D eigenvalue weighted by Crippen LogP contribution is 2.23. The summed E-state index contributed by atoms with van der Waals surface area (Å²) in [6.07, 6.45) is 6.81. The van der Waals surface area contributed by atoms with E-state index in [4.69, 9.17) is 15.2 Å². The predicted molar refractivity (Wildman–Crippen MR) is 57.2 cm³/mol. The smallest absolute Gasteiger partial charge is 0.0640 e. The van der Waals surface area contributed by atoms with E-state index >= 15 is 0 Å². The van der Waals surface area contributed by atoms with Gasteiger partial charge in [0.15, 0.2) is 0 Å². The van der Waals surface area contributed by atoms with E-state index in [0.29, 0.717) is 13.2 Å². The molecule has 0 aromatic rings. The molecule has 0 spiro atoms. The summed E-state index contributed by atoms with van der Waals surface area (Å²) in [5.74, 6) is 0.776. The molecule has 1 unspecified atom stereocenters. The van der Waals surface area contributed by atoms with Crippen LogP contribution in [0.3, 0.4) is 0 Å². The van der Waals surface area contributed by atoms with Gasteiger partial charge < -0.3 is 15.2 Å². The van der Waals surface area contributed by atoms with Crippen molar-refractivity contribution in [1.29, 1.82) is 0 Å². The van der Waals surface area contributed by atoms with Crippen LogP contribution in [0.4, 0.5) is 0 Å². The zero-order valence-electron chi connectivity index (χ0n) is 9.21. The van der Waals surface area contributed by atoms with Crippen LogP contribution in [-0.2, 0) is 9.47 Å². The Balaban J connectivity index is 1.96. The van der Waals surface area contributed by atoms with Gasteiger partial charge in [0, 0.05) is 13.7 Å². The Morgan fingerprint density at radius 1 is 1.21 bits per heavy atom. The molecule has 2 N–H and O–H groups in total. The van der Waals surface area contributed by atoms with Crippen LogP contribution in [0.25, 0.3) is 0 Å². The lowest BCUT2D eigenvalue weighted by Crippen LogP contribution is -2.32. The summed E-state index contributed by atoms with van der Waals surface area (Å²) < 4.78 is 10.5. The predicted octanol–water partition coefficient (Wildman–Crippen LogP) is 1.56. The Labute approximate surface area is 86.9 Å². The average molecular weight is 201 g/mol. The summed E-state index contributed by atoms with van der Waals surface area (Å²) >= 11 is 0. The second-order valence-corrected chi connectivity index (χ2v) is 4.26. The molecule has 1 fully saturated rings. The fourth-order valence-corrected chi connectivity index (χ4v) is 2.00. The topological polar surface area (TPSA) is 44.5 Å². The molecule has 1 aliphatic carbocycles. The molecule has 3 heteroatoms. The van der Waals surface area contributed by atoms with Crippen molar-refractivity contribution < 1.29 is 9.47 Å². The molecule has 1 atom stereocenters. The highest BCUT2D eigenvalue weighted by atomic mass is 16.5. The van der Waals surface area contributed by atoms with Crippen LogP contribution in [0.1, 0.15) is 32.1 Å². The van der Waals surface area contributed by atoms with E-state index in [0.717, 1.165) is 12.5 Å². The zero-order chi connectivity index (χ0) is 10.2. The third kappa shape index (κ3) is 4.94. The van der Waals surface area contributed by atoms with Crippen molar-refractivity contribution in [3.8, 4) is 0 Å². The first-order valence-corrected chi connectivity index (χ1v) is 5.65. The van der Waals surface area contributed by atoms with Crippen LogP contribution in [0.5, 0.6) is 0 Å². The second-order valence-electron chi connectivity index (χ2n) is 4.26. The average Bonchev–Trinajstić information content (AvgIpc) is 2.20. The van der Waals surface area contributed by atoms with Gasteiger partial charge in [0.2, 0.25) is 0 Å². The highest BCUT2D eigenvalue weighted by Gasteiger charge is 2.13. The third-order valence-electron chi connectivity index (χ3n) is 2.79. The van der Waals surface area contributed by atoms with Crippen molar-refractivity contribution in [1.82, 2.24) is 0 Å². The van der Waals surface area contributed by atoms with E-state index in [1.165, 1.54) is 32.1 Å². The van der Waals surface area contributed by atoms with Crippen molar-refractivity contribution in [2.45, 2.75) is 38.1 Å². The summed E-state index contributed by atoms with van der Waals surface area (Å²) in [7, 11) is 1.67. The van der Waals surface area contributed by atoms with E-state index in [1.54, 1.807) is 7.11 Å². The fourth-order valence-electron chi connectivity index (χ4n) is 2.00. The van der Waals surface area contributed by atoms with E-state index < -0.39 is 0 Å². The lowest BCUT2D eigenvalue weighted by atomic mass is 9.90. The maximum absolute atomic E-state index is 5.75. The molecule has 0 bridgehead atoms. The number of hydrogen-bond donors (Lipinski definition) is 1. The van der Waals surface area contributed by atoms with Crippen molar-refractivity contribution in [2.24, 2.45) is 11.7 Å². The van der Waals surface area contributed by atoms with Crippen LogP contribution in [-0.4, -0.2) is 33.0 Å². The second kappa shape index (κ2) is 7.21. The molecule has 0 aliphatic heterocycles. The monoisotopic (exact) mass is 201 g/mol. The van der Waals surface area contributed by atoms with Gasteiger partial charge in [-0.3, -0.25) is 0 Å². The van der Waals surface area contributed by atoms with Gasteiger partial charge in [-0.25, -0.2) is 0 Å². The lowest BCUT2D eigenvalue weighted by molar-refractivity contribution is 0.0568. The van der Waals surface area contributed by atoms with Gasteiger partial charge in [0.05, 0.1) is 19.3 Å². The molecule has 1 rings (SSSR count). The Bertz CT molecular complexity index is 135. The molecule has 0 radical (unpaired) electrons. The first kappa shape index (κ1) is 12.0. The van der Waals surface area contributed by atoms with E-state index in [2.05, 4.69) is 0 Å². The van der Waals surface area contributed by atoms with Gasteiger partial charge in [0.25, 0.3) is 0 Å². The molecule has 0 saturated heterocycles. The van der Waals surface area contributed by atoms with Crippen LogP contribution in [0, 0.1) is 5.92 Å². The molecule has 1 aliphatic rings. The Morgan fingerprint density at radius 2 is 1.93 bits per heavy atom. The molecule has 0 aromatic carbocycles. The number of hydrogen-bond acceptors (Lipinski definition) is 3. The molecular weight excluding hydrogens is 178 g/mol. The Morgan fingerprint density at radius 3 is 2.57 bits per heavy atom. The number of nitrogens with two attached hydrogens (primary N) is 1. The van der Waals surface area contributed by atoms with Crippen LogP contribution >= 0.6 is 0 Å². The summed E-state index contributed by atoms with van der Waals surface area (Å²) in [6.45, 7) is 2.10. The van der Waals surface area contributed by atoms with E-state index in [-0.39, 0.29) is 6.04 Å². The summed E-state index contributed by atoms with van der Waals surface area (Å²) in [5.41, 5.74) is 5.75. The van der Waals surface area contributed by atoms with Gasteiger partial charge in [0.1, 0.15) is 0 Å². The zero-order valence-corrected chi connectivity index (χ0v) is 9.21. The maximum atomic E-state index is 5.75. The molecule has 0 aromatic heterocycles. The SMILES string of the molecule is COCC(N)COCC1CCCCC1. The van der Waals surface area contributed by atoms with Crippen LogP contribution in [0.15, 0.2) is 0 Å². The molecule has 84 valence electrons. The minimum atomic E-state index is 0.0311. The van der Waals surface area contributed by atoms with Crippen molar-refractivity contribution in [3.63, 3.8) is 0 Å². The summed E-state index contributed by atoms with van der Waals surface area (Å²) in [5, 5.41) is 0. The standard InChI is InChI=1S/C11H23NO2/c1-13-8-11(12)9-14-7-10-5-3-2-4-6-10/h10-11H,2-9,12H2,1H3. The molecule has 14 heavy (non-hydrogen) atoms. The number of rotatable bonds is 6. The largest absolute Gasteiger partial charge is 0.383 e. The third-order valence-corrected chi connectivity index (χ3v) is 2.79. The van der Waals surface area contributed by atoms with Crippen LogP contribution in [0.2, 0.25) is 0 Å². The van der Waals surface area contributed by atoms with Crippen molar-refractivity contribution >= 4 is 0 Å². The van der Waals surface area contributed by atoms with Gasteiger partial charge in [-0.1, -0.05) is 19.3 Å². The quantitative estimate of drug-likeness (QED) is 0.709. The van der Waals surface area contributed by atoms with Gasteiger partial charge in [-0.15, -0.1) is 0 Å². The van der Waals surface area contributed by atoms with Crippen LogP contribution < -0.4 is 5.73 Å². The number of ether oxygens (including phenoxy) is 2. The maximum Gasteiger partial charge on any atom is 0.0640 e. The highest BCUT2D eigenvalue weighted by molar-refractivity contribution is 4.65. The normalized spacial score (nSPS) is 21.0. The van der Waals surface area contributed by atoms with Gasteiger partial charge in [-0.2, -0.15) is 0 Å². The van der Waals surface area contributed by atoms with Crippen molar-refractivity contribution in [3.05, 3.63) is 0 Å². The Hall–Kier alpha value is -0.120. The first-order chi connectivity index (χ1) is 6.83. The fraction of sp³-hybridized carbons (Fsp3) is 1.00. The van der Waals surface area contributed by atoms with Gasteiger partial charge >= 0.3 is 0 Å². The number of methoxy groups -OCH3 is 1. The molecule has 0 amide bonds.